The normalized spacial score (nSPS) is 12.3. The maximum atomic E-state index is 12.9. The van der Waals surface area contributed by atoms with Crippen molar-refractivity contribution in [1.29, 1.82) is 0 Å². The first-order chi connectivity index (χ1) is 13.9. The fourth-order valence-electron chi connectivity index (χ4n) is 2.79. The fraction of sp³-hybridized carbons (Fsp3) is 0.429. The van der Waals surface area contributed by atoms with Gasteiger partial charge in [0, 0.05) is 28.4 Å². The highest BCUT2D eigenvalue weighted by molar-refractivity contribution is 5.96. The molecule has 9 nitrogen and oxygen atoms in total. The zero-order valence-electron chi connectivity index (χ0n) is 17.9. The van der Waals surface area contributed by atoms with Crippen molar-refractivity contribution in [2.45, 2.75) is 59.2 Å². The van der Waals surface area contributed by atoms with Crippen molar-refractivity contribution in [3.8, 4) is 11.3 Å². The van der Waals surface area contributed by atoms with Crippen LogP contribution in [0, 0.1) is 0 Å². The average molecular weight is 415 g/mol. The van der Waals surface area contributed by atoms with Crippen molar-refractivity contribution in [3.63, 3.8) is 0 Å². The Balaban J connectivity index is 2.60. The highest BCUT2D eigenvalue weighted by atomic mass is 16.4. The number of aromatic nitrogens is 2. The second-order valence-corrected chi connectivity index (χ2v) is 8.28. The van der Waals surface area contributed by atoms with Crippen LogP contribution in [0.3, 0.4) is 0 Å². The van der Waals surface area contributed by atoms with Crippen LogP contribution in [0.2, 0.25) is 0 Å². The van der Waals surface area contributed by atoms with Gasteiger partial charge in [0.1, 0.15) is 6.54 Å². The van der Waals surface area contributed by atoms with Crippen LogP contribution < -0.4 is 21.9 Å². The molecule has 1 aromatic carbocycles. The lowest BCUT2D eigenvalue weighted by Gasteiger charge is -2.22. The number of nitrogens with one attached hydrogen (secondary N) is 2. The number of nitrogens with two attached hydrogens (primary N) is 1. The van der Waals surface area contributed by atoms with Crippen LogP contribution in [0.1, 0.15) is 51.4 Å². The predicted molar refractivity (Wildman–Crippen MR) is 117 cm³/mol. The number of carbonyl (C=O) groups is 2. The summed E-state index contributed by atoms with van der Waals surface area (Å²) in [6.07, 6.45) is 2.18. The number of hydrogen-bond donors (Lipinski definition) is 4. The van der Waals surface area contributed by atoms with Gasteiger partial charge >= 0.3 is 5.97 Å². The number of carbonyl (C=O) groups excluding carboxylic acids is 1. The van der Waals surface area contributed by atoms with Crippen LogP contribution in [0.25, 0.3) is 11.3 Å². The Morgan fingerprint density at radius 3 is 2.50 bits per heavy atom. The lowest BCUT2D eigenvalue weighted by molar-refractivity contribution is -0.137. The molecule has 2 rings (SSSR count). The quantitative estimate of drug-likeness (QED) is 0.509. The Labute approximate surface area is 175 Å². The zero-order chi connectivity index (χ0) is 22.6. The van der Waals surface area contributed by atoms with Crippen molar-refractivity contribution in [2.24, 2.45) is 0 Å². The summed E-state index contributed by atoms with van der Waals surface area (Å²) in [6, 6.07) is 4.66. The minimum Gasteiger partial charge on any atom is -0.480 e. The van der Waals surface area contributed by atoms with Gasteiger partial charge in [-0.25, -0.2) is 4.98 Å². The number of benzene rings is 1. The zero-order valence-corrected chi connectivity index (χ0v) is 17.9. The van der Waals surface area contributed by atoms with E-state index in [1.165, 1.54) is 12.3 Å². The number of amides is 1. The van der Waals surface area contributed by atoms with Gasteiger partial charge in [0.05, 0.1) is 11.9 Å². The van der Waals surface area contributed by atoms with E-state index in [0.717, 1.165) is 11.0 Å². The van der Waals surface area contributed by atoms with E-state index in [9.17, 15) is 19.5 Å². The molecule has 1 heterocycles. The van der Waals surface area contributed by atoms with Gasteiger partial charge in [-0.1, -0.05) is 6.92 Å². The molecular formula is C21H29N5O4. The Hall–Kier alpha value is -3.36. The highest BCUT2D eigenvalue weighted by Gasteiger charge is 2.19. The second kappa shape index (κ2) is 8.98. The summed E-state index contributed by atoms with van der Waals surface area (Å²) in [5.74, 6) is -1.43. The fourth-order valence-corrected chi connectivity index (χ4v) is 2.79. The van der Waals surface area contributed by atoms with E-state index >= 15 is 0 Å². The van der Waals surface area contributed by atoms with Crippen LogP contribution in [0.15, 0.2) is 29.2 Å². The van der Waals surface area contributed by atoms with Gasteiger partial charge in [-0.3, -0.25) is 19.0 Å². The number of anilines is 2. The van der Waals surface area contributed by atoms with Gasteiger partial charge < -0.3 is 21.5 Å². The third-order valence-electron chi connectivity index (χ3n) is 4.34. The van der Waals surface area contributed by atoms with Crippen molar-refractivity contribution in [1.82, 2.24) is 14.9 Å². The van der Waals surface area contributed by atoms with Crippen LogP contribution >= 0.6 is 0 Å². The van der Waals surface area contributed by atoms with Crippen LogP contribution in [0.4, 0.5) is 11.5 Å². The van der Waals surface area contributed by atoms with E-state index in [1.807, 2.05) is 34.6 Å². The summed E-state index contributed by atoms with van der Waals surface area (Å²) in [5, 5.41) is 15.2. The molecule has 162 valence electrons. The molecule has 0 aliphatic rings. The molecule has 1 atom stereocenters. The molecule has 5 N–H and O–H groups in total. The smallest absolute Gasteiger partial charge is 0.323 e. The number of nitrogen functional groups attached to an aromatic ring is 1. The Morgan fingerprint density at radius 1 is 1.27 bits per heavy atom. The van der Waals surface area contributed by atoms with E-state index in [2.05, 4.69) is 15.6 Å². The molecule has 0 saturated carbocycles. The molecule has 0 unspecified atom stereocenters. The molecule has 0 bridgehead atoms. The molecule has 9 heteroatoms. The van der Waals surface area contributed by atoms with E-state index in [0.29, 0.717) is 16.8 Å². The van der Waals surface area contributed by atoms with E-state index in [1.54, 1.807) is 12.1 Å². The first-order valence-electron chi connectivity index (χ1n) is 9.73. The van der Waals surface area contributed by atoms with Gasteiger partial charge in [-0.15, -0.1) is 0 Å². The summed E-state index contributed by atoms with van der Waals surface area (Å²) >= 11 is 0. The molecule has 2 aromatic rings. The lowest BCUT2D eigenvalue weighted by Crippen LogP contribution is -2.35. The SMILES string of the molecule is CC[C@@H](C)NC(=O)c1cc(N)cc(-c2cnc(NC(C)(C)C)c(=O)n2CC(=O)O)c1. The van der Waals surface area contributed by atoms with Crippen LogP contribution in [-0.2, 0) is 11.3 Å². The first kappa shape index (κ1) is 22.9. The molecule has 0 radical (unpaired) electrons. The Kier molecular flexibility index (Phi) is 6.86. The van der Waals surface area contributed by atoms with Crippen LogP contribution in [0.5, 0.6) is 0 Å². The minimum absolute atomic E-state index is 0.0167. The number of rotatable bonds is 7. The first-order valence-corrected chi connectivity index (χ1v) is 9.73. The van der Waals surface area contributed by atoms with Gasteiger partial charge in [-0.2, -0.15) is 0 Å². The number of aliphatic carboxylic acids is 1. The summed E-state index contributed by atoms with van der Waals surface area (Å²) in [7, 11) is 0. The second-order valence-electron chi connectivity index (χ2n) is 8.28. The summed E-state index contributed by atoms with van der Waals surface area (Å²) in [4.78, 5) is 41.1. The highest BCUT2D eigenvalue weighted by Crippen LogP contribution is 2.24. The van der Waals surface area contributed by atoms with Gasteiger partial charge in [0.25, 0.3) is 11.5 Å². The standard InChI is InChI=1S/C21H29N5O4/c1-6-12(2)24-19(29)14-7-13(8-15(22)9-14)16-10-23-18(25-21(3,4)5)20(30)26(16)11-17(27)28/h7-10,12H,6,11,22H2,1-5H3,(H,23,25)(H,24,29)(H,27,28)/t12-/m1/s1. The number of hydrogen-bond acceptors (Lipinski definition) is 6. The van der Waals surface area contributed by atoms with Gasteiger partial charge in [0.2, 0.25) is 0 Å². The van der Waals surface area contributed by atoms with E-state index < -0.39 is 23.6 Å². The summed E-state index contributed by atoms with van der Waals surface area (Å²) < 4.78 is 1.11. The maximum absolute atomic E-state index is 12.9. The number of carboxylic acids is 1. The third-order valence-corrected chi connectivity index (χ3v) is 4.34. The predicted octanol–water partition coefficient (Wildman–Crippen LogP) is 2.32. The topological polar surface area (TPSA) is 139 Å². The molecule has 0 aliphatic carbocycles. The van der Waals surface area contributed by atoms with Crippen molar-refractivity contribution in [3.05, 3.63) is 40.3 Å². The molecule has 0 aliphatic heterocycles. The molecular weight excluding hydrogens is 386 g/mol. The maximum Gasteiger partial charge on any atom is 0.323 e. The largest absolute Gasteiger partial charge is 0.480 e. The van der Waals surface area contributed by atoms with Crippen LogP contribution in [-0.4, -0.2) is 38.1 Å². The van der Waals surface area contributed by atoms with Crippen molar-refractivity contribution in [2.75, 3.05) is 11.1 Å². The van der Waals surface area contributed by atoms with E-state index in [-0.39, 0.29) is 23.5 Å². The third kappa shape index (κ3) is 5.82. The lowest BCUT2D eigenvalue weighted by atomic mass is 10.1. The minimum atomic E-state index is -1.18. The van der Waals surface area contributed by atoms with Crippen molar-refractivity contribution < 1.29 is 14.7 Å². The van der Waals surface area contributed by atoms with Crippen molar-refractivity contribution >= 4 is 23.4 Å². The number of nitrogens with zero attached hydrogens (tertiary/aromatic N) is 2. The summed E-state index contributed by atoms with van der Waals surface area (Å²) in [5.41, 5.74) is 6.29. The monoisotopic (exact) mass is 415 g/mol. The molecule has 30 heavy (non-hydrogen) atoms. The van der Waals surface area contributed by atoms with E-state index in [4.69, 9.17) is 5.73 Å². The number of carboxylic acid groups (broad SMARTS) is 1. The van der Waals surface area contributed by atoms with Gasteiger partial charge in [0.15, 0.2) is 5.82 Å². The average Bonchev–Trinajstić information content (AvgIpc) is 2.63. The Bertz CT molecular complexity index is 1010. The molecule has 0 spiro atoms. The molecule has 0 saturated heterocycles. The van der Waals surface area contributed by atoms with Gasteiger partial charge in [-0.05, 0) is 52.3 Å². The Morgan fingerprint density at radius 2 is 1.93 bits per heavy atom. The summed E-state index contributed by atoms with van der Waals surface area (Å²) in [6.45, 7) is 8.88. The molecule has 1 aromatic heterocycles. The molecule has 1 amide bonds. The molecule has 0 fully saturated rings.